The van der Waals surface area contributed by atoms with Crippen LogP contribution in [0.1, 0.15) is 22.8 Å². The van der Waals surface area contributed by atoms with Crippen LogP contribution in [0.2, 0.25) is 5.02 Å². The van der Waals surface area contributed by atoms with Crippen molar-refractivity contribution in [1.29, 1.82) is 0 Å². The average molecular weight is 341 g/mol. The molecule has 120 valence electrons. The number of rotatable bonds is 2. The normalized spacial score (nSPS) is 15.8. The Morgan fingerprint density at radius 3 is 2.58 bits per heavy atom. The Labute approximate surface area is 143 Å². The van der Waals surface area contributed by atoms with Crippen molar-refractivity contribution in [2.45, 2.75) is 6.92 Å². The van der Waals surface area contributed by atoms with E-state index in [1.54, 1.807) is 49.4 Å². The molecule has 0 spiro atoms. The summed E-state index contributed by atoms with van der Waals surface area (Å²) in [6.07, 6.45) is 1.59. The van der Waals surface area contributed by atoms with E-state index in [9.17, 15) is 14.7 Å². The second-order valence-corrected chi connectivity index (χ2v) is 5.70. The number of hydrogen-bond acceptors (Lipinski definition) is 4. The molecule has 1 heterocycles. The number of halogens is 1. The van der Waals surface area contributed by atoms with Crippen LogP contribution < -0.4 is 0 Å². The predicted molar refractivity (Wildman–Crippen MR) is 91.8 cm³/mol. The van der Waals surface area contributed by atoms with Gasteiger partial charge in [-0.2, -0.15) is 10.1 Å². The van der Waals surface area contributed by atoms with Crippen LogP contribution in [0.25, 0.3) is 6.08 Å². The number of carbonyl (C=O) groups is 2. The standard InChI is InChI=1S/C18H13ClN2O3/c1-11-16(10-12-3-2-4-15(22)9-12)18(24)21(20-11)17(23)13-5-7-14(19)8-6-13/h2-10,22H,1H3/b16-10-. The molecule has 24 heavy (non-hydrogen) atoms. The molecule has 2 amide bonds. The van der Waals surface area contributed by atoms with Crippen LogP contribution in [0.15, 0.2) is 59.2 Å². The van der Waals surface area contributed by atoms with E-state index in [1.165, 1.54) is 12.1 Å². The Morgan fingerprint density at radius 1 is 1.21 bits per heavy atom. The second kappa shape index (κ2) is 6.29. The van der Waals surface area contributed by atoms with Gasteiger partial charge in [0.15, 0.2) is 0 Å². The van der Waals surface area contributed by atoms with E-state index in [4.69, 9.17) is 11.6 Å². The third-order valence-corrected chi connectivity index (χ3v) is 3.78. The van der Waals surface area contributed by atoms with Gasteiger partial charge in [-0.15, -0.1) is 0 Å². The molecular formula is C18H13ClN2O3. The lowest BCUT2D eigenvalue weighted by Crippen LogP contribution is -2.29. The number of imide groups is 1. The summed E-state index contributed by atoms with van der Waals surface area (Å²) in [4.78, 5) is 25.0. The Bertz CT molecular complexity index is 885. The van der Waals surface area contributed by atoms with E-state index >= 15 is 0 Å². The van der Waals surface area contributed by atoms with Crippen LogP contribution >= 0.6 is 11.6 Å². The number of phenolic OH excluding ortho intramolecular Hbond substituents is 1. The molecule has 0 saturated carbocycles. The highest BCUT2D eigenvalue weighted by Gasteiger charge is 2.32. The van der Waals surface area contributed by atoms with Crippen LogP contribution in [0.3, 0.4) is 0 Å². The third-order valence-electron chi connectivity index (χ3n) is 3.53. The maximum absolute atomic E-state index is 12.5. The van der Waals surface area contributed by atoms with E-state index in [1.807, 2.05) is 0 Å². The van der Waals surface area contributed by atoms with Crippen molar-refractivity contribution in [3.8, 4) is 5.75 Å². The zero-order chi connectivity index (χ0) is 17.3. The van der Waals surface area contributed by atoms with Crippen molar-refractivity contribution >= 4 is 35.2 Å². The van der Waals surface area contributed by atoms with E-state index in [0.29, 0.717) is 27.4 Å². The minimum atomic E-state index is -0.518. The van der Waals surface area contributed by atoms with Crippen molar-refractivity contribution in [3.63, 3.8) is 0 Å². The lowest BCUT2D eigenvalue weighted by Gasteiger charge is -2.09. The predicted octanol–water partition coefficient (Wildman–Crippen LogP) is 3.49. The molecule has 0 atom stereocenters. The van der Waals surface area contributed by atoms with E-state index in [-0.39, 0.29) is 5.75 Å². The summed E-state index contributed by atoms with van der Waals surface area (Å²) in [5, 5.41) is 14.9. The van der Waals surface area contributed by atoms with Gasteiger partial charge in [0.25, 0.3) is 11.8 Å². The van der Waals surface area contributed by atoms with Crippen molar-refractivity contribution in [2.75, 3.05) is 0 Å². The van der Waals surface area contributed by atoms with Gasteiger partial charge < -0.3 is 5.11 Å². The Morgan fingerprint density at radius 2 is 1.92 bits per heavy atom. The third kappa shape index (κ3) is 3.07. The van der Waals surface area contributed by atoms with E-state index < -0.39 is 11.8 Å². The Balaban J connectivity index is 1.90. The summed E-state index contributed by atoms with van der Waals surface area (Å²) in [6.45, 7) is 1.65. The second-order valence-electron chi connectivity index (χ2n) is 5.27. The highest BCUT2D eigenvalue weighted by atomic mass is 35.5. The molecule has 3 rings (SSSR count). The number of benzene rings is 2. The molecule has 0 radical (unpaired) electrons. The number of nitrogens with zero attached hydrogens (tertiary/aromatic N) is 2. The molecule has 1 aliphatic rings. The average Bonchev–Trinajstić information content (AvgIpc) is 2.83. The highest BCUT2D eigenvalue weighted by Crippen LogP contribution is 2.22. The monoisotopic (exact) mass is 340 g/mol. The Kier molecular flexibility index (Phi) is 4.18. The zero-order valence-electron chi connectivity index (χ0n) is 12.7. The Hall–Kier alpha value is -2.92. The molecule has 0 fully saturated rings. The largest absolute Gasteiger partial charge is 0.508 e. The molecule has 2 aromatic rings. The van der Waals surface area contributed by atoms with Gasteiger partial charge in [-0.05, 0) is 55.0 Å². The lowest BCUT2D eigenvalue weighted by atomic mass is 10.1. The highest BCUT2D eigenvalue weighted by molar-refractivity contribution is 6.31. The van der Waals surface area contributed by atoms with Gasteiger partial charge in [0.2, 0.25) is 0 Å². The van der Waals surface area contributed by atoms with Gasteiger partial charge in [-0.3, -0.25) is 9.59 Å². The van der Waals surface area contributed by atoms with Gasteiger partial charge >= 0.3 is 0 Å². The first-order chi connectivity index (χ1) is 11.5. The minimum Gasteiger partial charge on any atom is -0.508 e. The molecule has 0 aromatic heterocycles. The van der Waals surface area contributed by atoms with Crippen molar-refractivity contribution in [1.82, 2.24) is 5.01 Å². The van der Waals surface area contributed by atoms with Crippen LogP contribution in [0.4, 0.5) is 0 Å². The number of hydrazone groups is 1. The number of phenols is 1. The lowest BCUT2D eigenvalue weighted by molar-refractivity contribution is -0.123. The minimum absolute atomic E-state index is 0.0958. The molecule has 2 aromatic carbocycles. The molecule has 6 heteroatoms. The van der Waals surface area contributed by atoms with Gasteiger partial charge in [0.1, 0.15) is 5.75 Å². The molecule has 0 unspecified atom stereocenters. The van der Waals surface area contributed by atoms with Crippen LogP contribution in [-0.2, 0) is 4.79 Å². The van der Waals surface area contributed by atoms with Gasteiger partial charge in [-0.1, -0.05) is 23.7 Å². The first-order valence-electron chi connectivity index (χ1n) is 7.16. The van der Waals surface area contributed by atoms with Gasteiger partial charge in [-0.25, -0.2) is 0 Å². The summed E-state index contributed by atoms with van der Waals surface area (Å²) >= 11 is 5.81. The van der Waals surface area contributed by atoms with E-state index in [2.05, 4.69) is 5.10 Å². The van der Waals surface area contributed by atoms with Crippen molar-refractivity contribution < 1.29 is 14.7 Å². The molecule has 1 aliphatic heterocycles. The van der Waals surface area contributed by atoms with Crippen LogP contribution in [0.5, 0.6) is 5.75 Å². The van der Waals surface area contributed by atoms with Crippen molar-refractivity contribution in [3.05, 3.63) is 70.3 Å². The summed E-state index contributed by atoms with van der Waals surface area (Å²) < 4.78 is 0. The number of carbonyl (C=O) groups excluding carboxylic acids is 2. The smallest absolute Gasteiger partial charge is 0.283 e. The summed E-state index contributed by atoms with van der Waals surface area (Å²) in [7, 11) is 0. The number of hydrogen-bond donors (Lipinski definition) is 1. The first-order valence-corrected chi connectivity index (χ1v) is 7.54. The number of amides is 2. The molecule has 1 N–H and O–H groups in total. The number of aromatic hydroxyl groups is 1. The molecular weight excluding hydrogens is 328 g/mol. The summed E-state index contributed by atoms with van der Waals surface area (Å²) in [5.74, 6) is -0.926. The molecule has 0 aliphatic carbocycles. The van der Waals surface area contributed by atoms with Crippen LogP contribution in [-0.4, -0.2) is 27.6 Å². The molecule has 0 saturated heterocycles. The summed E-state index contributed by atoms with van der Waals surface area (Å²) in [6, 6.07) is 12.7. The fraction of sp³-hybridized carbons (Fsp3) is 0.0556. The summed E-state index contributed by atoms with van der Waals surface area (Å²) in [5.41, 5.74) is 1.71. The fourth-order valence-corrected chi connectivity index (χ4v) is 2.44. The molecule has 0 bridgehead atoms. The maximum atomic E-state index is 12.5. The van der Waals surface area contributed by atoms with Gasteiger partial charge in [0, 0.05) is 10.6 Å². The van der Waals surface area contributed by atoms with Crippen LogP contribution in [0, 0.1) is 0 Å². The SMILES string of the molecule is CC1=NN(C(=O)c2ccc(Cl)cc2)C(=O)/C1=C\c1cccc(O)c1. The molecule has 5 nitrogen and oxygen atoms in total. The quantitative estimate of drug-likeness (QED) is 0.672. The first kappa shape index (κ1) is 16.0. The topological polar surface area (TPSA) is 70.0 Å². The van der Waals surface area contributed by atoms with Crippen molar-refractivity contribution in [2.24, 2.45) is 5.10 Å². The maximum Gasteiger partial charge on any atom is 0.283 e. The van der Waals surface area contributed by atoms with Gasteiger partial charge in [0.05, 0.1) is 11.3 Å². The zero-order valence-corrected chi connectivity index (χ0v) is 13.5. The van der Waals surface area contributed by atoms with E-state index in [0.717, 1.165) is 5.01 Å². The fourth-order valence-electron chi connectivity index (χ4n) is 2.32.